The second kappa shape index (κ2) is 5.35. The van der Waals surface area contributed by atoms with Gasteiger partial charge >= 0.3 is 5.97 Å². The predicted octanol–water partition coefficient (Wildman–Crippen LogP) is 4.59. The van der Waals surface area contributed by atoms with Gasteiger partial charge in [-0.25, -0.2) is 13.6 Å². The number of nitrogens with zero attached hydrogens (tertiary/aromatic N) is 1. The van der Waals surface area contributed by atoms with Crippen molar-refractivity contribution in [3.05, 3.63) is 54.4 Å². The second-order valence-corrected chi connectivity index (χ2v) is 7.78. The number of rotatable bonds is 4. The molecule has 1 aromatic carbocycles. The molecule has 4 fully saturated rings. The number of hydrogen-bond acceptors (Lipinski definition) is 3. The molecule has 0 radical (unpaired) electrons. The van der Waals surface area contributed by atoms with E-state index >= 15 is 0 Å². The molecule has 5 heteroatoms. The number of pyridine rings is 1. The Labute approximate surface area is 150 Å². The Morgan fingerprint density at radius 2 is 1.92 bits per heavy atom. The minimum absolute atomic E-state index is 0.0263. The molecule has 1 heterocycles. The second-order valence-electron chi connectivity index (χ2n) is 7.78. The molecule has 4 unspecified atom stereocenters. The molecule has 2 aromatic rings. The van der Waals surface area contributed by atoms with Gasteiger partial charge in [-0.1, -0.05) is 12.1 Å². The third kappa shape index (κ3) is 2.03. The van der Waals surface area contributed by atoms with Crippen molar-refractivity contribution in [1.29, 1.82) is 0 Å². The number of halogens is 2. The summed E-state index contributed by atoms with van der Waals surface area (Å²) in [5.41, 5.74) is 1.11. The first-order valence-corrected chi connectivity index (χ1v) is 9.09. The van der Waals surface area contributed by atoms with Gasteiger partial charge in [-0.3, -0.25) is 4.98 Å². The molecule has 0 saturated heterocycles. The molecule has 26 heavy (non-hydrogen) atoms. The molecule has 3 nitrogen and oxygen atoms in total. The Bertz CT molecular complexity index is 863. The normalized spacial score (nSPS) is 32.9. The Kier molecular flexibility index (Phi) is 3.27. The number of carbonyl (C=O) groups excluding carboxylic acids is 1. The van der Waals surface area contributed by atoms with E-state index in [2.05, 4.69) is 4.98 Å². The van der Waals surface area contributed by atoms with E-state index in [1.807, 2.05) is 18.2 Å². The van der Waals surface area contributed by atoms with Crippen molar-refractivity contribution in [3.8, 4) is 11.1 Å². The maximum atomic E-state index is 14.7. The van der Waals surface area contributed by atoms with Crippen molar-refractivity contribution >= 4 is 5.97 Å². The summed E-state index contributed by atoms with van der Waals surface area (Å²) < 4.78 is 34.7. The number of alkyl halides is 2. The summed E-state index contributed by atoms with van der Waals surface area (Å²) in [6.07, 6.45) is 5.42. The molecule has 4 saturated carbocycles. The van der Waals surface area contributed by atoms with Crippen LogP contribution in [0.5, 0.6) is 0 Å². The van der Waals surface area contributed by atoms with Gasteiger partial charge in [-0.2, -0.15) is 0 Å². The number of carbonyl (C=O) groups is 1. The van der Waals surface area contributed by atoms with Gasteiger partial charge in [-0.15, -0.1) is 0 Å². The summed E-state index contributed by atoms with van der Waals surface area (Å²) in [6, 6.07) is 10.8. The highest BCUT2D eigenvalue weighted by Crippen LogP contribution is 2.81. The molecule has 1 aromatic heterocycles. The van der Waals surface area contributed by atoms with E-state index in [1.54, 1.807) is 30.6 Å². The maximum Gasteiger partial charge on any atom is 0.338 e. The molecule has 0 amide bonds. The first-order valence-electron chi connectivity index (χ1n) is 9.09. The number of fused-ring (bicyclic) bond motifs is 1. The molecular weight excluding hydrogens is 336 g/mol. The van der Waals surface area contributed by atoms with Crippen LogP contribution in [0.15, 0.2) is 48.8 Å². The van der Waals surface area contributed by atoms with Gasteiger partial charge in [0, 0.05) is 18.3 Å². The molecule has 4 bridgehead atoms. The maximum absolute atomic E-state index is 14.7. The van der Waals surface area contributed by atoms with Crippen LogP contribution in [0.1, 0.15) is 29.6 Å². The van der Waals surface area contributed by atoms with Crippen molar-refractivity contribution in [2.24, 2.45) is 23.2 Å². The van der Waals surface area contributed by atoms with Gasteiger partial charge in [0.25, 0.3) is 5.92 Å². The van der Waals surface area contributed by atoms with E-state index in [0.29, 0.717) is 18.4 Å². The Hall–Kier alpha value is -2.30. The zero-order chi connectivity index (χ0) is 17.9. The topological polar surface area (TPSA) is 39.2 Å². The van der Waals surface area contributed by atoms with Gasteiger partial charge in [0.1, 0.15) is 6.61 Å². The standard InChI is InChI=1S/C21H19F2NO2/c22-21(23)16-4-5-17-18(11-16)20(17,21)12-26-19(25)15-3-1-2-14(10-15)13-6-8-24-9-7-13/h1-3,6-10,16-18H,4-5,11-12H2. The molecule has 4 aliphatic carbocycles. The highest BCUT2D eigenvalue weighted by atomic mass is 19.3. The molecule has 4 atom stereocenters. The zero-order valence-electron chi connectivity index (χ0n) is 14.2. The summed E-state index contributed by atoms with van der Waals surface area (Å²) in [5, 5.41) is 0. The van der Waals surface area contributed by atoms with Crippen molar-refractivity contribution in [2.75, 3.05) is 6.61 Å². The number of benzene rings is 1. The SMILES string of the molecule is O=C(OCC12C3CCC(CC31)C2(F)F)c1cccc(-c2ccncc2)c1. The van der Waals surface area contributed by atoms with Crippen LogP contribution in [-0.2, 0) is 4.74 Å². The largest absolute Gasteiger partial charge is 0.461 e. The summed E-state index contributed by atoms with van der Waals surface area (Å²) in [7, 11) is 0. The smallest absolute Gasteiger partial charge is 0.338 e. The minimum Gasteiger partial charge on any atom is -0.461 e. The molecule has 0 aliphatic heterocycles. The van der Waals surface area contributed by atoms with Gasteiger partial charge < -0.3 is 4.74 Å². The van der Waals surface area contributed by atoms with Gasteiger partial charge in [0.2, 0.25) is 0 Å². The van der Waals surface area contributed by atoms with E-state index in [1.165, 1.54) is 0 Å². The summed E-state index contributed by atoms with van der Waals surface area (Å²) >= 11 is 0. The molecule has 4 aliphatic rings. The van der Waals surface area contributed by atoms with Crippen molar-refractivity contribution in [2.45, 2.75) is 25.2 Å². The van der Waals surface area contributed by atoms with Crippen LogP contribution < -0.4 is 0 Å². The molecule has 134 valence electrons. The Balaban J connectivity index is 1.33. The lowest BCUT2D eigenvalue weighted by atomic mass is 9.78. The van der Waals surface area contributed by atoms with Gasteiger partial charge in [0.15, 0.2) is 0 Å². The van der Waals surface area contributed by atoms with Crippen LogP contribution in [0.2, 0.25) is 0 Å². The Morgan fingerprint density at radius 3 is 2.62 bits per heavy atom. The van der Waals surface area contributed by atoms with Crippen molar-refractivity contribution in [3.63, 3.8) is 0 Å². The minimum atomic E-state index is -2.69. The number of aromatic nitrogens is 1. The van der Waals surface area contributed by atoms with Crippen LogP contribution in [0.3, 0.4) is 0 Å². The summed E-state index contributed by atoms with van der Waals surface area (Å²) in [6.45, 7) is -0.163. The van der Waals surface area contributed by atoms with E-state index in [-0.39, 0.29) is 18.4 Å². The highest BCUT2D eigenvalue weighted by Gasteiger charge is 2.85. The van der Waals surface area contributed by atoms with Crippen molar-refractivity contribution < 1.29 is 18.3 Å². The van der Waals surface area contributed by atoms with E-state index < -0.39 is 23.2 Å². The quantitative estimate of drug-likeness (QED) is 0.753. The monoisotopic (exact) mass is 355 g/mol. The fraction of sp³-hybridized carbons (Fsp3) is 0.429. The van der Waals surface area contributed by atoms with E-state index in [9.17, 15) is 13.6 Å². The number of esters is 1. The van der Waals surface area contributed by atoms with Crippen LogP contribution in [0, 0.1) is 23.2 Å². The molecular formula is C21H19F2NO2. The fourth-order valence-corrected chi connectivity index (χ4v) is 5.40. The lowest BCUT2D eigenvalue weighted by Gasteiger charge is -2.35. The predicted molar refractivity (Wildman–Crippen MR) is 91.7 cm³/mol. The highest BCUT2D eigenvalue weighted by molar-refractivity contribution is 5.91. The average Bonchev–Trinajstić information content (AvgIpc) is 3.30. The number of hydrogen-bond donors (Lipinski definition) is 0. The van der Waals surface area contributed by atoms with Crippen LogP contribution in [-0.4, -0.2) is 23.5 Å². The third-order valence-corrected chi connectivity index (χ3v) is 6.75. The van der Waals surface area contributed by atoms with Crippen LogP contribution in [0.4, 0.5) is 8.78 Å². The molecule has 0 spiro atoms. The lowest BCUT2D eigenvalue weighted by molar-refractivity contribution is -0.142. The first kappa shape index (κ1) is 15.9. The summed E-state index contributed by atoms with van der Waals surface area (Å²) in [4.78, 5) is 16.5. The van der Waals surface area contributed by atoms with Crippen LogP contribution in [0.25, 0.3) is 11.1 Å². The number of ether oxygens (including phenoxy) is 1. The summed E-state index contributed by atoms with van der Waals surface area (Å²) in [5.74, 6) is -3.68. The Morgan fingerprint density at radius 1 is 1.12 bits per heavy atom. The van der Waals surface area contributed by atoms with Gasteiger partial charge in [-0.05, 0) is 66.5 Å². The first-order chi connectivity index (χ1) is 12.5. The molecule has 0 N–H and O–H groups in total. The van der Waals surface area contributed by atoms with Crippen LogP contribution >= 0.6 is 0 Å². The van der Waals surface area contributed by atoms with Gasteiger partial charge in [0.05, 0.1) is 11.0 Å². The third-order valence-electron chi connectivity index (χ3n) is 6.75. The molecule has 6 rings (SSSR count). The average molecular weight is 355 g/mol. The van der Waals surface area contributed by atoms with E-state index in [4.69, 9.17) is 4.74 Å². The van der Waals surface area contributed by atoms with E-state index in [0.717, 1.165) is 17.5 Å². The van der Waals surface area contributed by atoms with Crippen molar-refractivity contribution in [1.82, 2.24) is 4.98 Å². The fourth-order valence-electron chi connectivity index (χ4n) is 5.40. The lowest BCUT2D eigenvalue weighted by Crippen LogP contribution is -2.42. The zero-order valence-corrected chi connectivity index (χ0v) is 14.2.